The summed E-state index contributed by atoms with van der Waals surface area (Å²) in [6.07, 6.45) is 0.594. The van der Waals surface area contributed by atoms with Gasteiger partial charge in [0.1, 0.15) is 11.5 Å². The van der Waals surface area contributed by atoms with Crippen LogP contribution >= 0.6 is 0 Å². The fourth-order valence-corrected chi connectivity index (χ4v) is 1.31. The maximum absolute atomic E-state index is 11.0. The van der Waals surface area contributed by atoms with Crippen molar-refractivity contribution in [2.75, 3.05) is 18.6 Å². The van der Waals surface area contributed by atoms with Gasteiger partial charge in [-0.2, -0.15) is 0 Å². The number of aryl methyl sites for hydroxylation is 1. The smallest absolute Gasteiger partial charge is 0.237 e. The third-order valence-electron chi connectivity index (χ3n) is 2.00. The highest BCUT2D eigenvalue weighted by Gasteiger charge is 2.14. The van der Waals surface area contributed by atoms with Crippen LogP contribution in [0, 0.1) is 6.92 Å². The SMILES string of the molecule is COc1nc(C)ccc1N(C=O)CC(C)=O. The number of hydrogen-bond donors (Lipinski definition) is 0. The number of methoxy groups -OCH3 is 1. The van der Waals surface area contributed by atoms with Crippen LogP contribution in [-0.2, 0) is 9.59 Å². The first-order chi connectivity index (χ1) is 7.58. The Kier molecular flexibility index (Phi) is 3.99. The molecular weight excluding hydrogens is 208 g/mol. The van der Waals surface area contributed by atoms with Crippen molar-refractivity contribution in [3.05, 3.63) is 17.8 Å². The summed E-state index contributed by atoms with van der Waals surface area (Å²) >= 11 is 0. The van der Waals surface area contributed by atoms with Crippen molar-refractivity contribution in [2.45, 2.75) is 13.8 Å². The van der Waals surface area contributed by atoms with Crippen LogP contribution in [0.5, 0.6) is 5.88 Å². The second-order valence-electron chi connectivity index (χ2n) is 3.42. The van der Waals surface area contributed by atoms with E-state index in [9.17, 15) is 9.59 Å². The zero-order chi connectivity index (χ0) is 12.1. The van der Waals surface area contributed by atoms with Crippen molar-refractivity contribution >= 4 is 17.9 Å². The molecule has 0 aromatic carbocycles. The summed E-state index contributed by atoms with van der Waals surface area (Å²) in [6, 6.07) is 3.47. The number of hydrogen-bond acceptors (Lipinski definition) is 4. The third-order valence-corrected chi connectivity index (χ3v) is 2.00. The van der Waals surface area contributed by atoms with Crippen molar-refractivity contribution in [3.63, 3.8) is 0 Å². The number of pyridine rings is 1. The number of nitrogens with zero attached hydrogens (tertiary/aromatic N) is 2. The fraction of sp³-hybridized carbons (Fsp3) is 0.364. The molecule has 0 unspecified atom stereocenters. The van der Waals surface area contributed by atoms with E-state index < -0.39 is 0 Å². The van der Waals surface area contributed by atoms with Gasteiger partial charge < -0.3 is 9.64 Å². The largest absolute Gasteiger partial charge is 0.480 e. The van der Waals surface area contributed by atoms with Crippen molar-refractivity contribution in [1.82, 2.24) is 4.98 Å². The van der Waals surface area contributed by atoms with Crippen LogP contribution < -0.4 is 9.64 Å². The molecular formula is C11H14N2O3. The van der Waals surface area contributed by atoms with Gasteiger partial charge in [-0.15, -0.1) is 0 Å². The van der Waals surface area contributed by atoms with Crippen LogP contribution in [0.3, 0.4) is 0 Å². The Morgan fingerprint density at radius 1 is 1.56 bits per heavy atom. The maximum atomic E-state index is 11.0. The Morgan fingerprint density at radius 3 is 2.75 bits per heavy atom. The molecule has 0 fully saturated rings. The average Bonchev–Trinajstić information content (AvgIpc) is 2.25. The highest BCUT2D eigenvalue weighted by molar-refractivity contribution is 5.89. The van der Waals surface area contributed by atoms with Crippen molar-refractivity contribution < 1.29 is 14.3 Å². The summed E-state index contributed by atoms with van der Waals surface area (Å²) in [7, 11) is 1.47. The van der Waals surface area contributed by atoms with Crippen molar-refractivity contribution in [3.8, 4) is 5.88 Å². The summed E-state index contributed by atoms with van der Waals surface area (Å²) < 4.78 is 5.07. The Bertz CT molecular complexity index is 404. The molecule has 0 bridgehead atoms. The molecule has 0 atom stereocenters. The molecule has 1 aromatic heterocycles. The third kappa shape index (κ3) is 2.79. The van der Waals surface area contributed by atoms with Gasteiger partial charge in [0, 0.05) is 5.69 Å². The fourth-order valence-electron chi connectivity index (χ4n) is 1.31. The highest BCUT2D eigenvalue weighted by Crippen LogP contribution is 2.24. The molecule has 1 rings (SSSR count). The summed E-state index contributed by atoms with van der Waals surface area (Å²) in [4.78, 5) is 27.3. The molecule has 5 heteroatoms. The molecule has 0 radical (unpaired) electrons. The van der Waals surface area contributed by atoms with Crippen LogP contribution in [-0.4, -0.2) is 30.8 Å². The number of carbonyl (C=O) groups is 2. The quantitative estimate of drug-likeness (QED) is 0.696. The number of anilines is 1. The first-order valence-electron chi connectivity index (χ1n) is 4.81. The monoisotopic (exact) mass is 222 g/mol. The zero-order valence-electron chi connectivity index (χ0n) is 9.56. The molecule has 0 aliphatic rings. The van der Waals surface area contributed by atoms with E-state index in [1.54, 1.807) is 12.1 Å². The van der Waals surface area contributed by atoms with E-state index >= 15 is 0 Å². The van der Waals surface area contributed by atoms with Crippen LogP contribution in [0.2, 0.25) is 0 Å². The maximum Gasteiger partial charge on any atom is 0.237 e. The van der Waals surface area contributed by atoms with Gasteiger partial charge in [0.15, 0.2) is 0 Å². The lowest BCUT2D eigenvalue weighted by atomic mass is 10.3. The second-order valence-corrected chi connectivity index (χ2v) is 3.42. The summed E-state index contributed by atoms with van der Waals surface area (Å²) in [6.45, 7) is 3.26. The highest BCUT2D eigenvalue weighted by atomic mass is 16.5. The van der Waals surface area contributed by atoms with E-state index in [0.717, 1.165) is 5.69 Å². The predicted octanol–water partition coefficient (Wildman–Crippen LogP) is 0.950. The summed E-state index contributed by atoms with van der Waals surface area (Å²) in [5, 5.41) is 0. The standard InChI is InChI=1S/C11H14N2O3/c1-8-4-5-10(11(12-8)16-3)13(7-14)6-9(2)15/h4-5,7H,6H2,1-3H3. The summed E-state index contributed by atoms with van der Waals surface area (Å²) in [5.41, 5.74) is 1.28. The number of rotatable bonds is 5. The van der Waals surface area contributed by atoms with Crippen molar-refractivity contribution in [1.29, 1.82) is 0 Å². The number of ketones is 1. The normalized spacial score (nSPS) is 9.69. The number of ether oxygens (including phenoxy) is 1. The lowest BCUT2D eigenvalue weighted by Gasteiger charge is -2.17. The Balaban J connectivity index is 3.08. The van der Waals surface area contributed by atoms with E-state index in [4.69, 9.17) is 4.74 Å². The number of carbonyl (C=O) groups excluding carboxylic acids is 2. The number of Topliss-reactive ketones (excluding diaryl/α,β-unsaturated/α-hetero) is 1. The van der Waals surface area contributed by atoms with Crippen LogP contribution in [0.4, 0.5) is 5.69 Å². The Labute approximate surface area is 94.0 Å². The van der Waals surface area contributed by atoms with Gasteiger partial charge in [-0.05, 0) is 26.0 Å². The molecule has 0 spiro atoms. The minimum absolute atomic E-state index is 0.0185. The van der Waals surface area contributed by atoms with Crippen LogP contribution in [0.15, 0.2) is 12.1 Å². The molecule has 1 aromatic rings. The molecule has 0 saturated carbocycles. The molecule has 86 valence electrons. The van der Waals surface area contributed by atoms with E-state index in [1.807, 2.05) is 6.92 Å². The summed E-state index contributed by atoms with van der Waals surface area (Å²) in [5.74, 6) is 0.239. The minimum Gasteiger partial charge on any atom is -0.480 e. The van der Waals surface area contributed by atoms with E-state index in [-0.39, 0.29) is 12.3 Å². The zero-order valence-corrected chi connectivity index (χ0v) is 9.56. The molecule has 0 aliphatic carbocycles. The average molecular weight is 222 g/mol. The van der Waals surface area contributed by atoms with Gasteiger partial charge >= 0.3 is 0 Å². The predicted molar refractivity (Wildman–Crippen MR) is 59.6 cm³/mol. The first kappa shape index (κ1) is 12.2. The molecule has 16 heavy (non-hydrogen) atoms. The van der Waals surface area contributed by atoms with Gasteiger partial charge in [-0.1, -0.05) is 0 Å². The van der Waals surface area contributed by atoms with Gasteiger partial charge in [0.05, 0.1) is 13.7 Å². The Hall–Kier alpha value is -1.91. The lowest BCUT2D eigenvalue weighted by molar-refractivity contribution is -0.117. The molecule has 0 N–H and O–H groups in total. The van der Waals surface area contributed by atoms with E-state index in [0.29, 0.717) is 18.0 Å². The second kappa shape index (κ2) is 5.25. The molecule has 0 aliphatic heterocycles. The van der Waals surface area contributed by atoms with Gasteiger partial charge in [-0.25, -0.2) is 4.98 Å². The van der Waals surface area contributed by atoms with Gasteiger partial charge in [0.25, 0.3) is 0 Å². The topological polar surface area (TPSA) is 59.5 Å². The van der Waals surface area contributed by atoms with E-state index in [1.165, 1.54) is 18.9 Å². The van der Waals surface area contributed by atoms with Crippen LogP contribution in [0.25, 0.3) is 0 Å². The first-order valence-corrected chi connectivity index (χ1v) is 4.81. The van der Waals surface area contributed by atoms with Gasteiger partial charge in [0.2, 0.25) is 12.3 Å². The van der Waals surface area contributed by atoms with Crippen LogP contribution in [0.1, 0.15) is 12.6 Å². The molecule has 5 nitrogen and oxygen atoms in total. The number of amides is 1. The van der Waals surface area contributed by atoms with Crippen molar-refractivity contribution in [2.24, 2.45) is 0 Å². The Morgan fingerprint density at radius 2 is 2.25 bits per heavy atom. The lowest BCUT2D eigenvalue weighted by Crippen LogP contribution is -2.27. The molecule has 1 heterocycles. The molecule has 0 saturated heterocycles. The molecule has 1 amide bonds. The number of aromatic nitrogens is 1. The van der Waals surface area contributed by atoms with E-state index in [2.05, 4.69) is 4.98 Å². The van der Waals surface area contributed by atoms with Gasteiger partial charge in [-0.3, -0.25) is 9.59 Å². The minimum atomic E-state index is -0.102.